The molecule has 5 nitrogen and oxygen atoms in total. The summed E-state index contributed by atoms with van der Waals surface area (Å²) in [7, 11) is 3.40. The van der Waals surface area contributed by atoms with E-state index in [-0.39, 0.29) is 6.04 Å². The molecule has 0 aliphatic heterocycles. The van der Waals surface area contributed by atoms with Crippen molar-refractivity contribution < 1.29 is 9.47 Å². The van der Waals surface area contributed by atoms with E-state index in [0.717, 1.165) is 25.0 Å². The first kappa shape index (κ1) is 12.6. The molecule has 1 saturated carbocycles. The Morgan fingerprint density at radius 3 is 2.95 bits per heavy atom. The molecule has 0 radical (unpaired) electrons. The van der Waals surface area contributed by atoms with E-state index in [0.29, 0.717) is 0 Å². The first-order valence-electron chi connectivity index (χ1n) is 6.53. The Morgan fingerprint density at radius 1 is 1.42 bits per heavy atom. The van der Waals surface area contributed by atoms with Crippen LogP contribution in [0, 0.1) is 0 Å². The van der Waals surface area contributed by atoms with Gasteiger partial charge in [-0.3, -0.25) is 0 Å². The maximum absolute atomic E-state index is 5.48. The SMILES string of the molecule is COC1(OC)CCC1NCc1ccn2ccnc2c1. The average molecular weight is 261 g/mol. The molecule has 1 N–H and O–H groups in total. The third-order valence-corrected chi connectivity index (χ3v) is 4.02. The zero-order valence-corrected chi connectivity index (χ0v) is 11.3. The summed E-state index contributed by atoms with van der Waals surface area (Å²) in [4.78, 5) is 4.29. The molecule has 0 spiro atoms. The van der Waals surface area contributed by atoms with Crippen molar-refractivity contribution in [2.75, 3.05) is 14.2 Å². The van der Waals surface area contributed by atoms with Crippen LogP contribution in [0.15, 0.2) is 30.7 Å². The summed E-state index contributed by atoms with van der Waals surface area (Å²) >= 11 is 0. The monoisotopic (exact) mass is 261 g/mol. The number of imidazole rings is 1. The summed E-state index contributed by atoms with van der Waals surface area (Å²) in [6.45, 7) is 0.794. The van der Waals surface area contributed by atoms with Crippen LogP contribution in [0.25, 0.3) is 5.65 Å². The Morgan fingerprint density at radius 2 is 2.26 bits per heavy atom. The van der Waals surface area contributed by atoms with Gasteiger partial charge in [0.15, 0.2) is 5.79 Å². The average Bonchev–Trinajstić information content (AvgIpc) is 2.87. The Balaban J connectivity index is 1.66. The number of hydrogen-bond donors (Lipinski definition) is 1. The van der Waals surface area contributed by atoms with Gasteiger partial charge in [0.05, 0.1) is 6.04 Å². The van der Waals surface area contributed by atoms with Gasteiger partial charge in [-0.25, -0.2) is 4.98 Å². The molecule has 0 saturated heterocycles. The standard InChI is InChI=1S/C14H19N3O2/c1-18-14(19-2)5-3-12(14)16-10-11-4-7-17-8-6-15-13(17)9-11/h4,6-9,12,16H,3,5,10H2,1-2H3. The van der Waals surface area contributed by atoms with Crippen LogP contribution in [-0.2, 0) is 16.0 Å². The topological polar surface area (TPSA) is 47.8 Å². The van der Waals surface area contributed by atoms with E-state index in [9.17, 15) is 0 Å². The van der Waals surface area contributed by atoms with E-state index in [4.69, 9.17) is 9.47 Å². The summed E-state index contributed by atoms with van der Waals surface area (Å²) in [5, 5.41) is 3.50. The first-order valence-corrected chi connectivity index (χ1v) is 6.53. The molecule has 1 unspecified atom stereocenters. The summed E-state index contributed by atoms with van der Waals surface area (Å²) in [5.41, 5.74) is 2.18. The molecule has 5 heteroatoms. The van der Waals surface area contributed by atoms with Crippen LogP contribution in [0.3, 0.4) is 0 Å². The van der Waals surface area contributed by atoms with Gasteiger partial charge in [-0.05, 0) is 24.1 Å². The number of aromatic nitrogens is 2. The van der Waals surface area contributed by atoms with Crippen LogP contribution in [0.1, 0.15) is 18.4 Å². The molecule has 1 atom stereocenters. The molecular weight excluding hydrogens is 242 g/mol. The van der Waals surface area contributed by atoms with Crippen LogP contribution in [0.5, 0.6) is 0 Å². The molecule has 19 heavy (non-hydrogen) atoms. The number of ether oxygens (including phenoxy) is 2. The van der Waals surface area contributed by atoms with Crippen LogP contribution >= 0.6 is 0 Å². The Hall–Kier alpha value is -1.43. The van der Waals surface area contributed by atoms with E-state index in [1.54, 1.807) is 20.4 Å². The summed E-state index contributed by atoms with van der Waals surface area (Å²) in [5.74, 6) is -0.447. The van der Waals surface area contributed by atoms with Crippen LogP contribution in [0.4, 0.5) is 0 Å². The van der Waals surface area contributed by atoms with Crippen molar-refractivity contribution in [2.45, 2.75) is 31.2 Å². The second-order valence-corrected chi connectivity index (χ2v) is 4.92. The quantitative estimate of drug-likeness (QED) is 0.830. The minimum absolute atomic E-state index is 0.249. The van der Waals surface area contributed by atoms with Gasteiger partial charge in [-0.15, -0.1) is 0 Å². The second-order valence-electron chi connectivity index (χ2n) is 4.92. The molecule has 2 aromatic rings. The Bertz CT molecular complexity index is 557. The largest absolute Gasteiger partial charge is 0.352 e. The van der Waals surface area contributed by atoms with Crippen molar-refractivity contribution in [3.05, 3.63) is 36.3 Å². The van der Waals surface area contributed by atoms with E-state index in [2.05, 4.69) is 22.4 Å². The molecule has 2 aromatic heterocycles. The number of methoxy groups -OCH3 is 2. The van der Waals surface area contributed by atoms with Crippen LogP contribution < -0.4 is 5.32 Å². The normalized spacial score (nSPS) is 21.5. The zero-order chi connectivity index (χ0) is 13.3. The zero-order valence-electron chi connectivity index (χ0n) is 11.3. The molecule has 2 heterocycles. The molecule has 0 amide bonds. The van der Waals surface area contributed by atoms with Crippen molar-refractivity contribution in [3.8, 4) is 0 Å². The lowest BCUT2D eigenvalue weighted by Gasteiger charge is -2.47. The summed E-state index contributed by atoms with van der Waals surface area (Å²) in [6, 6.07) is 4.44. The number of rotatable bonds is 5. The fraction of sp³-hybridized carbons (Fsp3) is 0.500. The summed E-state index contributed by atoms with van der Waals surface area (Å²) in [6.07, 6.45) is 7.79. The lowest BCUT2D eigenvalue weighted by molar-refractivity contribution is -0.268. The lowest BCUT2D eigenvalue weighted by atomic mass is 9.84. The van der Waals surface area contributed by atoms with Crippen molar-refractivity contribution in [1.29, 1.82) is 0 Å². The molecule has 1 aliphatic rings. The van der Waals surface area contributed by atoms with E-state index in [1.165, 1.54) is 5.56 Å². The molecular formula is C14H19N3O2. The highest BCUT2D eigenvalue weighted by Gasteiger charge is 2.47. The molecule has 0 bridgehead atoms. The maximum atomic E-state index is 5.48. The number of hydrogen-bond acceptors (Lipinski definition) is 4. The molecule has 102 valence electrons. The highest BCUT2D eigenvalue weighted by molar-refractivity contribution is 5.41. The number of nitrogens with one attached hydrogen (secondary N) is 1. The Kier molecular flexibility index (Phi) is 3.26. The molecule has 1 fully saturated rings. The fourth-order valence-corrected chi connectivity index (χ4v) is 2.66. The minimum Gasteiger partial charge on any atom is -0.352 e. The van der Waals surface area contributed by atoms with E-state index >= 15 is 0 Å². The van der Waals surface area contributed by atoms with Gasteiger partial charge in [0.1, 0.15) is 5.65 Å². The third kappa shape index (κ3) is 2.14. The van der Waals surface area contributed by atoms with Crippen molar-refractivity contribution >= 4 is 5.65 Å². The molecule has 0 aromatic carbocycles. The fourth-order valence-electron chi connectivity index (χ4n) is 2.66. The highest BCUT2D eigenvalue weighted by Crippen LogP contribution is 2.36. The first-order chi connectivity index (χ1) is 9.27. The van der Waals surface area contributed by atoms with E-state index < -0.39 is 5.79 Å². The van der Waals surface area contributed by atoms with Gasteiger partial charge in [-0.2, -0.15) is 0 Å². The smallest absolute Gasteiger partial charge is 0.183 e. The van der Waals surface area contributed by atoms with Gasteiger partial charge in [0.25, 0.3) is 0 Å². The lowest BCUT2D eigenvalue weighted by Crippen LogP contribution is -2.60. The number of nitrogens with zero attached hydrogens (tertiary/aromatic N) is 2. The predicted molar refractivity (Wildman–Crippen MR) is 71.8 cm³/mol. The molecule has 1 aliphatic carbocycles. The van der Waals surface area contributed by atoms with Gasteiger partial charge < -0.3 is 19.2 Å². The van der Waals surface area contributed by atoms with Crippen molar-refractivity contribution in [1.82, 2.24) is 14.7 Å². The predicted octanol–water partition coefficient (Wildman–Crippen LogP) is 1.58. The maximum Gasteiger partial charge on any atom is 0.183 e. The Labute approximate surface area is 112 Å². The van der Waals surface area contributed by atoms with Gasteiger partial charge in [-0.1, -0.05) is 0 Å². The van der Waals surface area contributed by atoms with Gasteiger partial charge in [0, 0.05) is 45.8 Å². The van der Waals surface area contributed by atoms with E-state index in [1.807, 2.05) is 16.8 Å². The molecule has 3 rings (SSSR count). The van der Waals surface area contributed by atoms with Crippen LogP contribution in [0.2, 0.25) is 0 Å². The van der Waals surface area contributed by atoms with Crippen molar-refractivity contribution in [3.63, 3.8) is 0 Å². The van der Waals surface area contributed by atoms with Crippen molar-refractivity contribution in [2.24, 2.45) is 0 Å². The van der Waals surface area contributed by atoms with Gasteiger partial charge >= 0.3 is 0 Å². The van der Waals surface area contributed by atoms with Crippen LogP contribution in [-0.4, -0.2) is 35.4 Å². The third-order valence-electron chi connectivity index (χ3n) is 4.02. The number of pyridine rings is 1. The summed E-state index contributed by atoms with van der Waals surface area (Å²) < 4.78 is 13.0. The second kappa shape index (κ2) is 4.92. The minimum atomic E-state index is -0.447. The number of fused-ring (bicyclic) bond motifs is 1. The highest BCUT2D eigenvalue weighted by atomic mass is 16.7. The van der Waals surface area contributed by atoms with Gasteiger partial charge in [0.2, 0.25) is 0 Å².